The van der Waals surface area contributed by atoms with Gasteiger partial charge in [0.05, 0.1) is 6.10 Å². The summed E-state index contributed by atoms with van der Waals surface area (Å²) < 4.78 is 0. The van der Waals surface area contributed by atoms with Crippen LogP contribution in [0.3, 0.4) is 0 Å². The summed E-state index contributed by atoms with van der Waals surface area (Å²) >= 11 is 0. The summed E-state index contributed by atoms with van der Waals surface area (Å²) in [6.45, 7) is 6.60. The molecule has 0 aliphatic heterocycles. The summed E-state index contributed by atoms with van der Waals surface area (Å²) in [4.78, 5) is 0. The Labute approximate surface area is 98.9 Å². The van der Waals surface area contributed by atoms with E-state index in [4.69, 9.17) is 0 Å². The standard InChI is InChI=1S/C15H24O/c1-11-5-8-14-6-3-4-7-15(14,10-11)12(2)9-13(14)16/h12-13,16H,1,3-10H2,2H3/t12-,13?,14+,15-/m0/s1. The molecular formula is C15H24O. The van der Waals surface area contributed by atoms with E-state index >= 15 is 0 Å². The molecular weight excluding hydrogens is 196 g/mol. The Bertz CT molecular complexity index is 321. The van der Waals surface area contributed by atoms with Crippen molar-refractivity contribution in [2.24, 2.45) is 16.7 Å². The van der Waals surface area contributed by atoms with Crippen molar-refractivity contribution in [1.29, 1.82) is 0 Å². The van der Waals surface area contributed by atoms with Gasteiger partial charge in [-0.05, 0) is 49.9 Å². The van der Waals surface area contributed by atoms with Gasteiger partial charge in [0.2, 0.25) is 0 Å². The summed E-state index contributed by atoms with van der Waals surface area (Å²) in [5, 5.41) is 10.5. The molecule has 1 N–H and O–H groups in total. The zero-order valence-electron chi connectivity index (χ0n) is 10.5. The van der Waals surface area contributed by atoms with Crippen LogP contribution in [-0.2, 0) is 0 Å². The van der Waals surface area contributed by atoms with Gasteiger partial charge >= 0.3 is 0 Å². The van der Waals surface area contributed by atoms with Crippen LogP contribution in [0.15, 0.2) is 12.2 Å². The number of hydrogen-bond donors (Lipinski definition) is 1. The van der Waals surface area contributed by atoms with E-state index in [-0.39, 0.29) is 11.5 Å². The van der Waals surface area contributed by atoms with Gasteiger partial charge in [-0.3, -0.25) is 0 Å². The van der Waals surface area contributed by atoms with E-state index in [0.717, 1.165) is 12.8 Å². The van der Waals surface area contributed by atoms with E-state index < -0.39 is 0 Å². The zero-order valence-corrected chi connectivity index (χ0v) is 10.5. The molecule has 0 heterocycles. The van der Waals surface area contributed by atoms with Gasteiger partial charge in [0.25, 0.3) is 0 Å². The second-order valence-corrected chi connectivity index (χ2v) is 6.60. The summed E-state index contributed by atoms with van der Waals surface area (Å²) in [6, 6.07) is 0. The number of rotatable bonds is 0. The summed E-state index contributed by atoms with van der Waals surface area (Å²) in [5.74, 6) is 0.694. The normalized spacial score (nSPS) is 52.2. The van der Waals surface area contributed by atoms with E-state index in [2.05, 4.69) is 13.5 Å². The molecule has 3 rings (SSSR count). The fourth-order valence-corrected chi connectivity index (χ4v) is 5.31. The molecule has 3 aliphatic rings. The predicted molar refractivity (Wildman–Crippen MR) is 66.1 cm³/mol. The first-order valence-corrected chi connectivity index (χ1v) is 6.95. The molecule has 16 heavy (non-hydrogen) atoms. The van der Waals surface area contributed by atoms with E-state index in [1.807, 2.05) is 0 Å². The molecule has 4 atom stereocenters. The predicted octanol–water partition coefficient (Wildman–Crippen LogP) is 3.67. The largest absolute Gasteiger partial charge is 0.393 e. The van der Waals surface area contributed by atoms with Crippen LogP contribution in [0.5, 0.6) is 0 Å². The number of hydrogen-bond acceptors (Lipinski definition) is 1. The lowest BCUT2D eigenvalue weighted by atomic mass is 9.48. The third-order valence-corrected chi connectivity index (χ3v) is 6.14. The molecule has 1 nitrogen and oxygen atoms in total. The molecule has 0 spiro atoms. The molecule has 0 saturated heterocycles. The highest BCUT2D eigenvalue weighted by atomic mass is 16.3. The quantitative estimate of drug-likeness (QED) is 0.617. The van der Waals surface area contributed by atoms with Gasteiger partial charge in [-0.25, -0.2) is 0 Å². The fourth-order valence-electron chi connectivity index (χ4n) is 5.31. The minimum Gasteiger partial charge on any atom is -0.393 e. The zero-order chi connectivity index (χ0) is 11.4. The molecule has 3 saturated carbocycles. The van der Waals surface area contributed by atoms with Crippen molar-refractivity contribution in [3.63, 3.8) is 0 Å². The Balaban J connectivity index is 2.07. The number of aliphatic hydroxyl groups excluding tert-OH is 1. The highest BCUT2D eigenvalue weighted by Gasteiger charge is 2.64. The van der Waals surface area contributed by atoms with Crippen LogP contribution in [0, 0.1) is 16.7 Å². The second kappa shape index (κ2) is 3.35. The Morgan fingerprint density at radius 3 is 2.62 bits per heavy atom. The second-order valence-electron chi connectivity index (χ2n) is 6.60. The third-order valence-electron chi connectivity index (χ3n) is 6.14. The van der Waals surface area contributed by atoms with Gasteiger partial charge in [-0.2, -0.15) is 0 Å². The molecule has 3 aliphatic carbocycles. The molecule has 3 fully saturated rings. The van der Waals surface area contributed by atoms with E-state index in [1.165, 1.54) is 44.1 Å². The molecule has 0 amide bonds. The van der Waals surface area contributed by atoms with Crippen LogP contribution in [0.1, 0.15) is 58.3 Å². The van der Waals surface area contributed by atoms with Crippen molar-refractivity contribution in [3.8, 4) is 0 Å². The van der Waals surface area contributed by atoms with Gasteiger partial charge in [0.15, 0.2) is 0 Å². The van der Waals surface area contributed by atoms with Crippen LogP contribution >= 0.6 is 0 Å². The maximum atomic E-state index is 10.5. The molecule has 90 valence electrons. The van der Waals surface area contributed by atoms with Crippen molar-refractivity contribution < 1.29 is 5.11 Å². The molecule has 1 unspecified atom stereocenters. The summed E-state index contributed by atoms with van der Waals surface area (Å²) in [7, 11) is 0. The maximum Gasteiger partial charge on any atom is 0.0604 e. The molecule has 0 bridgehead atoms. The van der Waals surface area contributed by atoms with Crippen LogP contribution in [0.4, 0.5) is 0 Å². The average molecular weight is 220 g/mol. The smallest absolute Gasteiger partial charge is 0.0604 e. The monoisotopic (exact) mass is 220 g/mol. The molecule has 0 aromatic heterocycles. The highest BCUT2D eigenvalue weighted by molar-refractivity contribution is 5.20. The average Bonchev–Trinajstić information content (AvgIpc) is 2.49. The Hall–Kier alpha value is -0.300. The number of allylic oxidation sites excluding steroid dienone is 1. The first-order valence-electron chi connectivity index (χ1n) is 6.95. The SMILES string of the molecule is C=C1CC[C@@]23CCCC[C@]2(C1)[C@@H](C)CC3O. The van der Waals surface area contributed by atoms with Crippen molar-refractivity contribution in [2.45, 2.75) is 64.4 Å². The summed E-state index contributed by atoms with van der Waals surface area (Å²) in [5.41, 5.74) is 2.13. The Morgan fingerprint density at radius 1 is 1.19 bits per heavy atom. The minimum absolute atomic E-state index is 0.0316. The van der Waals surface area contributed by atoms with Crippen LogP contribution in [0.2, 0.25) is 0 Å². The van der Waals surface area contributed by atoms with E-state index in [9.17, 15) is 5.11 Å². The molecule has 0 aromatic carbocycles. The summed E-state index contributed by atoms with van der Waals surface area (Å²) in [6.07, 6.45) is 9.87. The van der Waals surface area contributed by atoms with Gasteiger partial charge in [0.1, 0.15) is 0 Å². The fraction of sp³-hybridized carbons (Fsp3) is 0.867. The van der Waals surface area contributed by atoms with Gasteiger partial charge in [0, 0.05) is 5.41 Å². The lowest BCUT2D eigenvalue weighted by Gasteiger charge is -2.56. The van der Waals surface area contributed by atoms with Gasteiger partial charge in [-0.1, -0.05) is 31.9 Å². The first-order chi connectivity index (χ1) is 7.61. The van der Waals surface area contributed by atoms with Gasteiger partial charge < -0.3 is 5.11 Å². The van der Waals surface area contributed by atoms with Crippen molar-refractivity contribution in [3.05, 3.63) is 12.2 Å². The van der Waals surface area contributed by atoms with E-state index in [1.54, 1.807) is 0 Å². The van der Waals surface area contributed by atoms with Crippen LogP contribution in [-0.4, -0.2) is 11.2 Å². The van der Waals surface area contributed by atoms with Crippen LogP contribution in [0.25, 0.3) is 0 Å². The Morgan fingerprint density at radius 2 is 1.88 bits per heavy atom. The van der Waals surface area contributed by atoms with Crippen LogP contribution < -0.4 is 0 Å². The minimum atomic E-state index is -0.0316. The molecule has 0 radical (unpaired) electrons. The lowest BCUT2D eigenvalue weighted by Crippen LogP contribution is -2.50. The highest BCUT2D eigenvalue weighted by Crippen LogP contribution is 2.69. The Kier molecular flexibility index (Phi) is 2.27. The first kappa shape index (κ1) is 10.8. The molecule has 0 aromatic rings. The lowest BCUT2D eigenvalue weighted by molar-refractivity contribution is -0.0879. The topological polar surface area (TPSA) is 20.2 Å². The van der Waals surface area contributed by atoms with Crippen molar-refractivity contribution in [1.82, 2.24) is 0 Å². The van der Waals surface area contributed by atoms with Crippen molar-refractivity contribution in [2.75, 3.05) is 0 Å². The van der Waals surface area contributed by atoms with Crippen molar-refractivity contribution >= 4 is 0 Å². The molecule has 1 heteroatoms. The van der Waals surface area contributed by atoms with E-state index in [0.29, 0.717) is 11.3 Å². The third kappa shape index (κ3) is 1.11. The maximum absolute atomic E-state index is 10.5. The van der Waals surface area contributed by atoms with Gasteiger partial charge in [-0.15, -0.1) is 0 Å². The number of aliphatic hydroxyl groups is 1.